The number of aliphatic hydroxyl groups excluding tert-OH is 5. The van der Waals surface area contributed by atoms with Gasteiger partial charge in [-0.2, -0.15) is 4.80 Å². The highest BCUT2D eigenvalue weighted by Crippen LogP contribution is 2.28. The van der Waals surface area contributed by atoms with Crippen LogP contribution in [0.5, 0.6) is 0 Å². The summed E-state index contributed by atoms with van der Waals surface area (Å²) in [6, 6.07) is 0. The lowest BCUT2D eigenvalue weighted by Crippen LogP contribution is -2.33. The van der Waals surface area contributed by atoms with Crippen LogP contribution < -0.4 is 0 Å². The molecular weight excluding hydrogens is 298 g/mol. The number of nitrogens with zero attached hydrogens (tertiary/aromatic N) is 3. The summed E-state index contributed by atoms with van der Waals surface area (Å²) in [4.78, 5) is 0.850. The SMILES string of the molecule is N=C(CO)c1nn([C@@H]2O[C@H](CO)[C@@H](O)[C@H]2O)nc1C(=N)CO. The van der Waals surface area contributed by atoms with Gasteiger partial charge in [-0.25, -0.2) is 0 Å². The fraction of sp³-hybridized carbons (Fsp3) is 0.636. The van der Waals surface area contributed by atoms with Gasteiger partial charge in [-0.3, -0.25) is 0 Å². The van der Waals surface area contributed by atoms with Gasteiger partial charge in [0.1, 0.15) is 29.7 Å². The first kappa shape index (κ1) is 16.6. The van der Waals surface area contributed by atoms with Crippen LogP contribution in [0, 0.1) is 10.8 Å². The molecule has 0 bridgehead atoms. The minimum absolute atomic E-state index is 0.140. The Kier molecular flexibility index (Phi) is 4.95. The van der Waals surface area contributed by atoms with E-state index >= 15 is 0 Å². The molecular formula is C11H17N5O6. The molecule has 1 aliphatic heterocycles. The highest BCUT2D eigenvalue weighted by molar-refractivity contribution is 6.09. The molecule has 1 aliphatic rings. The Balaban J connectivity index is 2.38. The van der Waals surface area contributed by atoms with E-state index in [1.807, 2.05) is 0 Å². The summed E-state index contributed by atoms with van der Waals surface area (Å²) in [6.07, 6.45) is -5.01. The van der Waals surface area contributed by atoms with Crippen LogP contribution in [0.1, 0.15) is 17.6 Å². The maximum atomic E-state index is 9.91. The predicted octanol–water partition coefficient (Wildman–Crippen LogP) is -3.39. The monoisotopic (exact) mass is 315 g/mol. The van der Waals surface area contributed by atoms with Gasteiger partial charge in [-0.15, -0.1) is 10.2 Å². The first-order valence-corrected chi connectivity index (χ1v) is 6.41. The van der Waals surface area contributed by atoms with Gasteiger partial charge in [0.05, 0.1) is 31.2 Å². The summed E-state index contributed by atoms with van der Waals surface area (Å²) in [7, 11) is 0. The Morgan fingerprint density at radius 2 is 1.50 bits per heavy atom. The summed E-state index contributed by atoms with van der Waals surface area (Å²) >= 11 is 0. The molecule has 0 amide bonds. The summed E-state index contributed by atoms with van der Waals surface area (Å²) in [6.45, 7) is -1.82. The molecule has 0 spiro atoms. The van der Waals surface area contributed by atoms with Crippen molar-refractivity contribution in [1.29, 1.82) is 10.8 Å². The fourth-order valence-electron chi connectivity index (χ4n) is 2.06. The van der Waals surface area contributed by atoms with E-state index in [2.05, 4.69) is 10.2 Å². The van der Waals surface area contributed by atoms with Crippen LogP contribution in [0.25, 0.3) is 0 Å². The third-order valence-electron chi connectivity index (χ3n) is 3.26. The van der Waals surface area contributed by atoms with E-state index in [9.17, 15) is 10.2 Å². The van der Waals surface area contributed by atoms with Crippen molar-refractivity contribution < 1.29 is 30.3 Å². The minimum Gasteiger partial charge on any atom is -0.394 e. The zero-order valence-corrected chi connectivity index (χ0v) is 11.4. The lowest BCUT2D eigenvalue weighted by atomic mass is 10.1. The number of ether oxygens (including phenoxy) is 1. The van der Waals surface area contributed by atoms with E-state index in [-0.39, 0.29) is 22.8 Å². The average molecular weight is 315 g/mol. The topological polar surface area (TPSA) is 189 Å². The predicted molar refractivity (Wildman–Crippen MR) is 70.9 cm³/mol. The number of hydrogen-bond donors (Lipinski definition) is 7. The fourth-order valence-corrected chi connectivity index (χ4v) is 2.06. The third kappa shape index (κ3) is 2.77. The van der Waals surface area contributed by atoms with E-state index in [1.165, 1.54) is 0 Å². The highest BCUT2D eigenvalue weighted by Gasteiger charge is 2.44. The van der Waals surface area contributed by atoms with E-state index in [1.54, 1.807) is 0 Å². The summed E-state index contributed by atoms with van der Waals surface area (Å²) in [5.74, 6) is 0. The van der Waals surface area contributed by atoms with Gasteiger partial charge in [0, 0.05) is 0 Å². The molecule has 11 nitrogen and oxygen atoms in total. The second-order valence-electron chi connectivity index (χ2n) is 4.72. The van der Waals surface area contributed by atoms with Crippen LogP contribution >= 0.6 is 0 Å². The average Bonchev–Trinajstić information content (AvgIpc) is 3.08. The van der Waals surface area contributed by atoms with Gasteiger partial charge < -0.3 is 41.1 Å². The van der Waals surface area contributed by atoms with Gasteiger partial charge in [-0.1, -0.05) is 0 Å². The van der Waals surface area contributed by atoms with Crippen molar-refractivity contribution in [2.45, 2.75) is 24.5 Å². The van der Waals surface area contributed by atoms with E-state index < -0.39 is 44.4 Å². The molecule has 1 fully saturated rings. The van der Waals surface area contributed by atoms with Gasteiger partial charge in [0.2, 0.25) is 0 Å². The molecule has 2 heterocycles. The van der Waals surface area contributed by atoms with Crippen molar-refractivity contribution in [3.63, 3.8) is 0 Å². The van der Waals surface area contributed by atoms with Crippen LogP contribution in [0.2, 0.25) is 0 Å². The molecule has 0 saturated carbocycles. The highest BCUT2D eigenvalue weighted by atomic mass is 16.6. The summed E-state index contributed by atoms with van der Waals surface area (Å²) in [5, 5.41) is 69.7. The maximum absolute atomic E-state index is 9.91. The number of nitrogens with one attached hydrogen (secondary N) is 2. The lowest BCUT2D eigenvalue weighted by molar-refractivity contribution is -0.0655. The molecule has 1 saturated heterocycles. The van der Waals surface area contributed by atoms with Crippen molar-refractivity contribution in [2.75, 3.05) is 19.8 Å². The second kappa shape index (κ2) is 6.56. The number of aliphatic hydroxyl groups is 5. The molecule has 22 heavy (non-hydrogen) atoms. The number of aromatic nitrogens is 3. The smallest absolute Gasteiger partial charge is 0.198 e. The van der Waals surface area contributed by atoms with E-state index in [0.717, 1.165) is 4.80 Å². The quantitative estimate of drug-likeness (QED) is 0.264. The minimum atomic E-state index is -1.42. The zero-order valence-electron chi connectivity index (χ0n) is 11.4. The van der Waals surface area contributed by atoms with E-state index in [0.29, 0.717) is 0 Å². The molecule has 1 aromatic heterocycles. The molecule has 2 rings (SSSR count). The van der Waals surface area contributed by atoms with Crippen molar-refractivity contribution >= 4 is 11.4 Å². The largest absolute Gasteiger partial charge is 0.394 e. The molecule has 0 unspecified atom stereocenters. The van der Waals surface area contributed by atoms with Crippen LogP contribution in [0.4, 0.5) is 0 Å². The number of hydrogen-bond acceptors (Lipinski definition) is 10. The Bertz CT molecular complexity index is 542. The van der Waals surface area contributed by atoms with E-state index in [4.69, 9.17) is 30.9 Å². The van der Waals surface area contributed by atoms with Gasteiger partial charge in [-0.05, 0) is 0 Å². The second-order valence-corrected chi connectivity index (χ2v) is 4.72. The molecule has 122 valence electrons. The van der Waals surface area contributed by atoms with Crippen molar-refractivity contribution in [3.8, 4) is 0 Å². The molecule has 0 radical (unpaired) electrons. The molecule has 4 atom stereocenters. The molecule has 1 aromatic rings. The van der Waals surface area contributed by atoms with Crippen molar-refractivity contribution in [1.82, 2.24) is 15.0 Å². The standard InChI is InChI=1S/C11H17N5O6/c12-4(1-17)7-8(5(13)2-18)15-16(14-7)11-10(21)9(20)6(3-19)22-11/h6,9-13,17-21H,1-3H2/t6-,9-,10-,11-/m1/s1. The van der Waals surface area contributed by atoms with Crippen molar-refractivity contribution in [2.24, 2.45) is 0 Å². The van der Waals surface area contributed by atoms with Crippen molar-refractivity contribution in [3.05, 3.63) is 11.4 Å². The Hall–Kier alpha value is -1.76. The van der Waals surface area contributed by atoms with Crippen LogP contribution in [-0.2, 0) is 4.74 Å². The molecule has 7 N–H and O–H groups in total. The third-order valence-corrected chi connectivity index (χ3v) is 3.26. The first-order valence-electron chi connectivity index (χ1n) is 6.41. The number of rotatable bonds is 6. The Labute approximate surface area is 124 Å². The Morgan fingerprint density at radius 3 is 1.86 bits per heavy atom. The van der Waals surface area contributed by atoms with Crippen LogP contribution in [0.15, 0.2) is 0 Å². The Morgan fingerprint density at radius 1 is 1.00 bits per heavy atom. The normalized spacial score (nSPS) is 28.0. The first-order chi connectivity index (χ1) is 10.4. The van der Waals surface area contributed by atoms with Gasteiger partial charge in [0.15, 0.2) is 6.23 Å². The molecule has 11 heteroatoms. The van der Waals surface area contributed by atoms with Gasteiger partial charge in [0.25, 0.3) is 0 Å². The van der Waals surface area contributed by atoms with Gasteiger partial charge >= 0.3 is 0 Å². The zero-order chi connectivity index (χ0) is 16.4. The van der Waals surface area contributed by atoms with Crippen LogP contribution in [-0.4, -0.2) is 90.1 Å². The summed E-state index contributed by atoms with van der Waals surface area (Å²) < 4.78 is 5.24. The lowest BCUT2D eigenvalue weighted by Gasteiger charge is -2.13. The van der Waals surface area contributed by atoms with Crippen LogP contribution in [0.3, 0.4) is 0 Å². The molecule has 0 aliphatic carbocycles. The molecule has 0 aromatic carbocycles. The maximum Gasteiger partial charge on any atom is 0.198 e. The summed E-state index contributed by atoms with van der Waals surface area (Å²) in [5.41, 5.74) is -0.934.